The van der Waals surface area contributed by atoms with Crippen LogP contribution < -0.4 is 5.32 Å². The zero-order chi connectivity index (χ0) is 16.4. The summed E-state index contributed by atoms with van der Waals surface area (Å²) in [5.74, 6) is 0.0573. The van der Waals surface area contributed by atoms with E-state index in [0.29, 0.717) is 12.0 Å². The van der Waals surface area contributed by atoms with Gasteiger partial charge >= 0.3 is 0 Å². The van der Waals surface area contributed by atoms with Gasteiger partial charge in [-0.2, -0.15) is 0 Å². The molecule has 0 fully saturated rings. The van der Waals surface area contributed by atoms with Gasteiger partial charge in [-0.25, -0.2) is 0 Å². The number of hydrogen-bond acceptors (Lipinski definition) is 2. The first kappa shape index (κ1) is 18.2. The van der Waals surface area contributed by atoms with Crippen molar-refractivity contribution in [1.82, 2.24) is 4.90 Å². The van der Waals surface area contributed by atoms with E-state index in [9.17, 15) is 9.59 Å². The Kier molecular flexibility index (Phi) is 8.26. The van der Waals surface area contributed by atoms with Gasteiger partial charge in [0.2, 0.25) is 5.91 Å². The van der Waals surface area contributed by atoms with Crippen molar-refractivity contribution in [3.63, 3.8) is 0 Å². The fourth-order valence-electron chi connectivity index (χ4n) is 2.14. The largest absolute Gasteiger partial charge is 0.339 e. The molecule has 4 nitrogen and oxygen atoms in total. The number of anilines is 1. The highest BCUT2D eigenvalue weighted by molar-refractivity contribution is 5.95. The highest BCUT2D eigenvalue weighted by Crippen LogP contribution is 2.13. The maximum absolute atomic E-state index is 12.6. The van der Waals surface area contributed by atoms with Crippen molar-refractivity contribution in [2.75, 3.05) is 18.4 Å². The molecule has 22 heavy (non-hydrogen) atoms. The van der Waals surface area contributed by atoms with Gasteiger partial charge in [-0.05, 0) is 37.1 Å². The van der Waals surface area contributed by atoms with Crippen molar-refractivity contribution in [2.24, 2.45) is 0 Å². The maximum atomic E-state index is 12.6. The van der Waals surface area contributed by atoms with Crippen LogP contribution in [0.5, 0.6) is 0 Å². The molecule has 0 saturated heterocycles. The minimum Gasteiger partial charge on any atom is -0.339 e. The zero-order valence-electron chi connectivity index (χ0n) is 14.0. The van der Waals surface area contributed by atoms with Crippen LogP contribution in [0.4, 0.5) is 5.69 Å². The minimum atomic E-state index is -0.0217. The van der Waals surface area contributed by atoms with Crippen molar-refractivity contribution < 1.29 is 9.59 Å². The third-order valence-electron chi connectivity index (χ3n) is 3.59. The summed E-state index contributed by atoms with van der Waals surface area (Å²) in [7, 11) is 0. The molecule has 0 heterocycles. The van der Waals surface area contributed by atoms with Crippen molar-refractivity contribution >= 4 is 17.5 Å². The molecule has 4 heteroatoms. The highest BCUT2D eigenvalue weighted by atomic mass is 16.2. The Balaban J connectivity index is 2.73. The standard InChI is InChI=1S/C18H28N2O2/c1-4-7-13-20(14-8-5-2)18(22)15-9-11-16(12-10-15)19-17(21)6-3/h9-12H,4-8,13-14H2,1-3H3,(H,19,21). The van der Waals surface area contributed by atoms with E-state index in [4.69, 9.17) is 0 Å². The zero-order valence-corrected chi connectivity index (χ0v) is 14.0. The molecule has 1 N–H and O–H groups in total. The topological polar surface area (TPSA) is 49.4 Å². The number of hydrogen-bond donors (Lipinski definition) is 1. The fourth-order valence-corrected chi connectivity index (χ4v) is 2.14. The average Bonchev–Trinajstić information content (AvgIpc) is 2.55. The third-order valence-corrected chi connectivity index (χ3v) is 3.59. The van der Waals surface area contributed by atoms with Gasteiger partial charge in [0.25, 0.3) is 5.91 Å². The quantitative estimate of drug-likeness (QED) is 0.747. The molecule has 122 valence electrons. The van der Waals surface area contributed by atoms with E-state index in [1.807, 2.05) is 11.8 Å². The van der Waals surface area contributed by atoms with Gasteiger partial charge in [0, 0.05) is 30.8 Å². The van der Waals surface area contributed by atoms with Gasteiger partial charge in [0.05, 0.1) is 0 Å². The SMILES string of the molecule is CCCCN(CCCC)C(=O)c1ccc(NC(=O)CC)cc1. The van der Waals surface area contributed by atoms with Crippen molar-refractivity contribution in [3.05, 3.63) is 29.8 Å². The lowest BCUT2D eigenvalue weighted by atomic mass is 10.1. The fraction of sp³-hybridized carbons (Fsp3) is 0.556. The molecule has 0 atom stereocenters. The van der Waals surface area contributed by atoms with Gasteiger partial charge in [-0.3, -0.25) is 9.59 Å². The summed E-state index contributed by atoms with van der Waals surface area (Å²) in [5.41, 5.74) is 1.42. The van der Waals surface area contributed by atoms with E-state index in [2.05, 4.69) is 19.2 Å². The van der Waals surface area contributed by atoms with Crippen molar-refractivity contribution in [1.29, 1.82) is 0 Å². The van der Waals surface area contributed by atoms with Crippen molar-refractivity contribution in [3.8, 4) is 0 Å². The number of rotatable bonds is 9. The van der Waals surface area contributed by atoms with Gasteiger partial charge in [-0.1, -0.05) is 33.6 Å². The van der Waals surface area contributed by atoms with Crippen LogP contribution in [0.3, 0.4) is 0 Å². The number of nitrogens with one attached hydrogen (secondary N) is 1. The molecule has 0 aromatic heterocycles. The average molecular weight is 304 g/mol. The Morgan fingerprint density at radius 1 is 0.955 bits per heavy atom. The minimum absolute atomic E-state index is 0.0217. The molecule has 1 aromatic rings. The number of carbonyl (C=O) groups is 2. The lowest BCUT2D eigenvalue weighted by molar-refractivity contribution is -0.115. The first-order valence-corrected chi connectivity index (χ1v) is 8.31. The number of benzene rings is 1. The Hall–Kier alpha value is -1.84. The van der Waals surface area contributed by atoms with Gasteiger partial charge in [-0.15, -0.1) is 0 Å². The van der Waals surface area contributed by atoms with Crippen LogP contribution in [0, 0.1) is 0 Å². The summed E-state index contributed by atoms with van der Waals surface area (Å²) in [4.78, 5) is 25.9. The molecule has 0 aliphatic rings. The van der Waals surface area contributed by atoms with Crippen LogP contribution in [-0.2, 0) is 4.79 Å². The Bertz CT molecular complexity index is 460. The third kappa shape index (κ3) is 5.88. The number of carbonyl (C=O) groups excluding carboxylic acids is 2. The molecule has 1 rings (SSSR count). The molecule has 0 bridgehead atoms. The van der Waals surface area contributed by atoms with Gasteiger partial charge in [0.1, 0.15) is 0 Å². The Morgan fingerprint density at radius 2 is 1.50 bits per heavy atom. The summed E-state index contributed by atoms with van der Waals surface area (Å²) >= 11 is 0. The molecular formula is C18H28N2O2. The molecular weight excluding hydrogens is 276 g/mol. The normalized spacial score (nSPS) is 10.3. The van der Waals surface area contributed by atoms with Gasteiger partial charge < -0.3 is 10.2 Å². The molecule has 0 saturated carbocycles. The summed E-state index contributed by atoms with van der Waals surface area (Å²) in [6, 6.07) is 7.16. The molecule has 0 aliphatic heterocycles. The van der Waals surface area contributed by atoms with Crippen LogP contribution in [-0.4, -0.2) is 29.8 Å². The number of amides is 2. The van der Waals surface area contributed by atoms with E-state index in [1.54, 1.807) is 24.3 Å². The number of nitrogens with zero attached hydrogens (tertiary/aromatic N) is 1. The van der Waals surface area contributed by atoms with Crippen LogP contribution >= 0.6 is 0 Å². The number of unbranched alkanes of at least 4 members (excludes halogenated alkanes) is 2. The predicted octanol–water partition coefficient (Wildman–Crippen LogP) is 4.08. The second-order valence-corrected chi connectivity index (χ2v) is 5.48. The van der Waals surface area contributed by atoms with E-state index in [-0.39, 0.29) is 11.8 Å². The summed E-state index contributed by atoms with van der Waals surface area (Å²) in [6.07, 6.45) is 4.67. The molecule has 0 unspecified atom stereocenters. The van der Waals surface area contributed by atoms with E-state index >= 15 is 0 Å². The molecule has 1 aromatic carbocycles. The lowest BCUT2D eigenvalue weighted by Gasteiger charge is -2.22. The molecule has 0 spiro atoms. The van der Waals surface area contributed by atoms with Crippen molar-refractivity contribution in [2.45, 2.75) is 52.9 Å². The summed E-state index contributed by atoms with van der Waals surface area (Å²) < 4.78 is 0. The van der Waals surface area contributed by atoms with E-state index in [0.717, 1.165) is 44.5 Å². The maximum Gasteiger partial charge on any atom is 0.253 e. The van der Waals surface area contributed by atoms with E-state index in [1.165, 1.54) is 0 Å². The smallest absolute Gasteiger partial charge is 0.253 e. The first-order valence-electron chi connectivity index (χ1n) is 8.31. The Morgan fingerprint density at radius 3 is 1.95 bits per heavy atom. The molecule has 0 radical (unpaired) electrons. The summed E-state index contributed by atoms with van der Waals surface area (Å²) in [5, 5.41) is 2.79. The summed E-state index contributed by atoms with van der Waals surface area (Å²) in [6.45, 7) is 7.70. The van der Waals surface area contributed by atoms with Crippen LogP contribution in [0.1, 0.15) is 63.2 Å². The second kappa shape index (κ2) is 9.98. The second-order valence-electron chi connectivity index (χ2n) is 5.48. The van der Waals surface area contributed by atoms with Crippen LogP contribution in [0.25, 0.3) is 0 Å². The van der Waals surface area contributed by atoms with Crippen LogP contribution in [0.2, 0.25) is 0 Å². The van der Waals surface area contributed by atoms with Crippen LogP contribution in [0.15, 0.2) is 24.3 Å². The Labute approximate surface area is 133 Å². The van der Waals surface area contributed by atoms with E-state index < -0.39 is 0 Å². The first-order chi connectivity index (χ1) is 10.6. The van der Waals surface area contributed by atoms with Gasteiger partial charge in [0.15, 0.2) is 0 Å². The lowest BCUT2D eigenvalue weighted by Crippen LogP contribution is -2.32. The molecule has 0 aliphatic carbocycles. The monoisotopic (exact) mass is 304 g/mol. The molecule has 2 amide bonds. The highest BCUT2D eigenvalue weighted by Gasteiger charge is 2.14. The predicted molar refractivity (Wildman–Crippen MR) is 91.1 cm³/mol.